The second kappa shape index (κ2) is 6.31. The molecule has 0 aliphatic rings. The van der Waals surface area contributed by atoms with Gasteiger partial charge in [0, 0.05) is 12.4 Å². The standard InChI is InChI=1S/C8H7BF3N4O2.K/c1-2-18-7(17)6-14-8-13-3-5(9(10,11)12)4-16(8)15-6;/h3-4H,2H2,1H3;/q-1;+1. The molecule has 6 nitrogen and oxygen atoms in total. The van der Waals surface area contributed by atoms with Gasteiger partial charge in [0.25, 0.3) is 11.6 Å². The van der Waals surface area contributed by atoms with Gasteiger partial charge in [0.1, 0.15) is 0 Å². The van der Waals surface area contributed by atoms with Crippen LogP contribution in [0.3, 0.4) is 0 Å². The molecule has 0 saturated carbocycles. The second-order valence-corrected chi connectivity index (χ2v) is 3.36. The summed E-state index contributed by atoms with van der Waals surface area (Å²) in [5.41, 5.74) is -0.914. The van der Waals surface area contributed by atoms with Crippen molar-refractivity contribution in [2.24, 2.45) is 0 Å². The molecule has 2 aromatic rings. The van der Waals surface area contributed by atoms with E-state index in [9.17, 15) is 17.7 Å². The Morgan fingerprint density at radius 1 is 1.47 bits per heavy atom. The van der Waals surface area contributed by atoms with Crippen molar-refractivity contribution in [1.82, 2.24) is 19.6 Å². The average Bonchev–Trinajstić information content (AvgIpc) is 2.70. The fourth-order valence-corrected chi connectivity index (χ4v) is 1.25. The van der Waals surface area contributed by atoms with Crippen LogP contribution in [0.1, 0.15) is 17.5 Å². The molecule has 0 atom stereocenters. The molecule has 11 heteroatoms. The predicted octanol–water partition coefficient (Wildman–Crippen LogP) is -2.64. The smallest absolute Gasteiger partial charge is 0.460 e. The molecule has 0 aromatic carbocycles. The number of hydrogen-bond acceptors (Lipinski definition) is 5. The largest absolute Gasteiger partial charge is 1.00 e. The molecule has 0 unspecified atom stereocenters. The van der Waals surface area contributed by atoms with Gasteiger partial charge in [-0.2, -0.15) is 4.98 Å². The molecule has 2 aromatic heterocycles. The Bertz CT molecular complexity index is 603. The first kappa shape index (κ1) is 16.6. The first-order valence-electron chi connectivity index (χ1n) is 5.01. The maximum absolute atomic E-state index is 12.5. The molecule has 0 N–H and O–H groups in total. The van der Waals surface area contributed by atoms with Gasteiger partial charge in [-0.15, -0.1) is 5.10 Å². The van der Waals surface area contributed by atoms with Crippen molar-refractivity contribution in [3.63, 3.8) is 0 Å². The SMILES string of the molecule is CCOC(=O)c1nc2ncc([B-](F)(F)F)cn2n1.[K+]. The Morgan fingerprint density at radius 2 is 2.16 bits per heavy atom. The zero-order chi connectivity index (χ0) is 13.3. The van der Waals surface area contributed by atoms with E-state index in [4.69, 9.17) is 0 Å². The number of rotatable bonds is 3. The summed E-state index contributed by atoms with van der Waals surface area (Å²) in [7, 11) is 0. The van der Waals surface area contributed by atoms with Gasteiger partial charge in [-0.05, 0) is 6.92 Å². The molecule has 0 aliphatic carbocycles. The Hall–Kier alpha value is -0.489. The van der Waals surface area contributed by atoms with Crippen molar-refractivity contribution >= 4 is 24.2 Å². The van der Waals surface area contributed by atoms with Crippen LogP contribution in [0.5, 0.6) is 0 Å². The van der Waals surface area contributed by atoms with E-state index in [2.05, 4.69) is 19.8 Å². The fraction of sp³-hybridized carbons (Fsp3) is 0.250. The molecule has 2 heterocycles. The van der Waals surface area contributed by atoms with Crippen LogP contribution in [0.4, 0.5) is 12.9 Å². The van der Waals surface area contributed by atoms with Crippen LogP contribution >= 0.6 is 0 Å². The number of carbonyl (C=O) groups is 1. The van der Waals surface area contributed by atoms with Crippen LogP contribution in [0.2, 0.25) is 0 Å². The zero-order valence-electron chi connectivity index (χ0n) is 10.2. The minimum absolute atomic E-state index is 0. The number of hydrogen-bond donors (Lipinski definition) is 0. The van der Waals surface area contributed by atoms with Gasteiger partial charge < -0.3 is 17.7 Å². The van der Waals surface area contributed by atoms with E-state index in [-0.39, 0.29) is 69.6 Å². The van der Waals surface area contributed by atoms with Crippen LogP contribution in [0, 0.1) is 0 Å². The van der Waals surface area contributed by atoms with Gasteiger partial charge in [-0.3, -0.25) is 0 Å². The maximum Gasteiger partial charge on any atom is 1.00 e. The summed E-state index contributed by atoms with van der Waals surface area (Å²) in [6, 6.07) is 0. The van der Waals surface area contributed by atoms with E-state index < -0.39 is 18.4 Å². The molecule has 0 amide bonds. The summed E-state index contributed by atoms with van der Waals surface area (Å²) in [4.78, 5) is 18.4. The third kappa shape index (κ3) is 3.75. The minimum Gasteiger partial charge on any atom is -0.460 e. The van der Waals surface area contributed by atoms with Gasteiger partial charge in [-0.25, -0.2) is 14.3 Å². The fourth-order valence-electron chi connectivity index (χ4n) is 1.25. The van der Waals surface area contributed by atoms with Crippen molar-refractivity contribution in [3.8, 4) is 0 Å². The van der Waals surface area contributed by atoms with Crippen molar-refractivity contribution in [2.75, 3.05) is 6.61 Å². The number of esters is 1. The Balaban J connectivity index is 0.00000180. The van der Waals surface area contributed by atoms with Crippen molar-refractivity contribution in [2.45, 2.75) is 6.92 Å². The molecule has 0 aliphatic heterocycles. The van der Waals surface area contributed by atoms with Crippen LogP contribution in [0.25, 0.3) is 5.78 Å². The number of nitrogens with zero attached hydrogens (tertiary/aromatic N) is 4. The van der Waals surface area contributed by atoms with E-state index in [1.807, 2.05) is 0 Å². The number of aromatic nitrogens is 4. The molecule has 0 bridgehead atoms. The topological polar surface area (TPSA) is 69.4 Å². The Kier molecular flexibility index (Phi) is 5.50. The van der Waals surface area contributed by atoms with Crippen LogP contribution in [-0.4, -0.2) is 39.1 Å². The van der Waals surface area contributed by atoms with Crippen LogP contribution in [0.15, 0.2) is 12.4 Å². The van der Waals surface area contributed by atoms with Crippen molar-refractivity contribution < 1.29 is 73.9 Å². The van der Waals surface area contributed by atoms with Crippen LogP contribution in [-0.2, 0) is 4.74 Å². The molecule has 96 valence electrons. The van der Waals surface area contributed by atoms with Gasteiger partial charge in [0.05, 0.1) is 6.61 Å². The summed E-state index contributed by atoms with van der Waals surface area (Å²) in [5.74, 6) is -1.22. The number of halogens is 3. The quantitative estimate of drug-likeness (QED) is 0.458. The Morgan fingerprint density at radius 3 is 2.74 bits per heavy atom. The summed E-state index contributed by atoms with van der Waals surface area (Å²) in [5, 5.41) is 3.58. The number of carbonyl (C=O) groups excluding carboxylic acids is 1. The molecule has 0 saturated heterocycles. The maximum atomic E-state index is 12.5. The summed E-state index contributed by atoms with van der Waals surface area (Å²) < 4.78 is 42.8. The van der Waals surface area contributed by atoms with Crippen molar-refractivity contribution in [3.05, 3.63) is 18.2 Å². The van der Waals surface area contributed by atoms with E-state index in [0.717, 1.165) is 10.7 Å². The number of fused-ring (bicyclic) bond motifs is 1. The predicted molar refractivity (Wildman–Crippen MR) is 55.5 cm³/mol. The molecular formula is C8H7BF3KN4O2. The van der Waals surface area contributed by atoms with E-state index in [0.29, 0.717) is 6.20 Å². The molecule has 0 fully saturated rings. The molecular weight excluding hydrogens is 291 g/mol. The van der Waals surface area contributed by atoms with Gasteiger partial charge >= 0.3 is 64.3 Å². The Labute approximate surface area is 148 Å². The molecule has 19 heavy (non-hydrogen) atoms. The third-order valence-corrected chi connectivity index (χ3v) is 2.05. The summed E-state index contributed by atoms with van der Waals surface area (Å²) in [6.07, 6.45) is 1.39. The number of ether oxygens (including phenoxy) is 1. The van der Waals surface area contributed by atoms with Gasteiger partial charge in [0.15, 0.2) is 0 Å². The summed E-state index contributed by atoms with van der Waals surface area (Å²) >= 11 is 0. The van der Waals surface area contributed by atoms with Crippen LogP contribution < -0.4 is 56.8 Å². The minimum atomic E-state index is -5.17. The zero-order valence-corrected chi connectivity index (χ0v) is 13.3. The molecule has 0 radical (unpaired) electrons. The first-order valence-corrected chi connectivity index (χ1v) is 5.01. The van der Waals surface area contributed by atoms with Gasteiger partial charge in [0.2, 0.25) is 0 Å². The molecule has 0 spiro atoms. The third-order valence-electron chi connectivity index (χ3n) is 2.05. The monoisotopic (exact) mass is 298 g/mol. The van der Waals surface area contributed by atoms with E-state index in [1.165, 1.54) is 0 Å². The first-order chi connectivity index (χ1) is 8.41. The van der Waals surface area contributed by atoms with Gasteiger partial charge in [-0.1, -0.05) is 5.46 Å². The normalized spacial score (nSPS) is 11.2. The van der Waals surface area contributed by atoms with Crippen molar-refractivity contribution in [1.29, 1.82) is 0 Å². The summed E-state index contributed by atoms with van der Waals surface area (Å²) in [6.45, 7) is -3.45. The molecule has 2 rings (SSSR count). The average molecular weight is 298 g/mol. The van der Waals surface area contributed by atoms with E-state index >= 15 is 0 Å². The second-order valence-electron chi connectivity index (χ2n) is 3.36. The van der Waals surface area contributed by atoms with E-state index in [1.54, 1.807) is 6.92 Å².